The van der Waals surface area contributed by atoms with Crippen molar-refractivity contribution in [1.82, 2.24) is 10.2 Å². The van der Waals surface area contributed by atoms with Gasteiger partial charge in [0.25, 0.3) is 11.8 Å². The summed E-state index contributed by atoms with van der Waals surface area (Å²) in [5, 5.41) is 5.55. The molecule has 136 valence electrons. The van der Waals surface area contributed by atoms with E-state index in [1.807, 2.05) is 19.1 Å². The average molecular weight is 353 g/mol. The topological polar surface area (TPSA) is 78.5 Å². The number of nitrogens with zero attached hydrogens (tertiary/aromatic N) is 1. The Labute approximate surface area is 153 Å². The van der Waals surface area contributed by atoms with Crippen LogP contribution < -0.4 is 10.6 Å². The van der Waals surface area contributed by atoms with Crippen LogP contribution in [0.3, 0.4) is 0 Å². The van der Waals surface area contributed by atoms with Crippen molar-refractivity contribution in [1.29, 1.82) is 0 Å². The summed E-state index contributed by atoms with van der Waals surface area (Å²) in [7, 11) is 3.40. The second-order valence-electron chi connectivity index (χ2n) is 6.29. The van der Waals surface area contributed by atoms with Gasteiger partial charge in [0.1, 0.15) is 0 Å². The van der Waals surface area contributed by atoms with Gasteiger partial charge in [-0.15, -0.1) is 0 Å². The Morgan fingerprint density at radius 3 is 2.15 bits per heavy atom. The number of hydrogen-bond donors (Lipinski definition) is 2. The quantitative estimate of drug-likeness (QED) is 0.867. The van der Waals surface area contributed by atoms with Gasteiger partial charge in [-0.3, -0.25) is 14.4 Å². The van der Waals surface area contributed by atoms with Crippen molar-refractivity contribution in [3.05, 3.63) is 64.7 Å². The lowest BCUT2D eigenvalue weighted by Crippen LogP contribution is -2.23. The zero-order chi connectivity index (χ0) is 19.3. The first-order chi connectivity index (χ1) is 12.3. The first-order valence-corrected chi connectivity index (χ1v) is 8.25. The summed E-state index contributed by atoms with van der Waals surface area (Å²) in [5.41, 5.74) is 3.47. The molecular weight excluding hydrogens is 330 g/mol. The van der Waals surface area contributed by atoms with Crippen LogP contribution in [0.1, 0.15) is 38.8 Å². The summed E-state index contributed by atoms with van der Waals surface area (Å²) in [5.74, 6) is -0.478. The van der Waals surface area contributed by atoms with Crippen LogP contribution in [0.2, 0.25) is 0 Å². The third kappa shape index (κ3) is 4.92. The van der Waals surface area contributed by atoms with E-state index in [2.05, 4.69) is 10.6 Å². The lowest BCUT2D eigenvalue weighted by atomic mass is 10.1. The Kier molecular flexibility index (Phi) is 6.11. The third-order valence-corrected chi connectivity index (χ3v) is 3.87. The maximum absolute atomic E-state index is 12.3. The summed E-state index contributed by atoms with van der Waals surface area (Å²) in [6.07, 6.45) is 0. The van der Waals surface area contributed by atoms with Crippen LogP contribution in [-0.4, -0.2) is 36.7 Å². The molecule has 26 heavy (non-hydrogen) atoms. The Hall–Kier alpha value is -3.15. The Bertz CT molecular complexity index is 827. The molecule has 2 aromatic rings. The van der Waals surface area contributed by atoms with E-state index in [4.69, 9.17) is 0 Å². The predicted molar refractivity (Wildman–Crippen MR) is 101 cm³/mol. The molecule has 0 aliphatic heterocycles. The molecule has 0 saturated heterocycles. The number of carbonyl (C=O) groups excluding carboxylic acids is 3. The van der Waals surface area contributed by atoms with Crippen molar-refractivity contribution in [3.8, 4) is 0 Å². The highest BCUT2D eigenvalue weighted by atomic mass is 16.2. The van der Waals surface area contributed by atoms with Gasteiger partial charge >= 0.3 is 0 Å². The Morgan fingerprint density at radius 1 is 0.962 bits per heavy atom. The molecule has 0 spiro atoms. The fourth-order valence-electron chi connectivity index (χ4n) is 2.40. The van der Waals surface area contributed by atoms with Gasteiger partial charge in [0, 0.05) is 44.4 Å². The zero-order valence-corrected chi connectivity index (χ0v) is 15.4. The molecule has 0 unspecified atom stereocenters. The molecule has 0 atom stereocenters. The second-order valence-corrected chi connectivity index (χ2v) is 6.29. The average Bonchev–Trinajstić information content (AvgIpc) is 2.60. The van der Waals surface area contributed by atoms with Crippen molar-refractivity contribution in [3.63, 3.8) is 0 Å². The number of amides is 3. The molecule has 2 aromatic carbocycles. The van der Waals surface area contributed by atoms with Gasteiger partial charge in [0.15, 0.2) is 0 Å². The summed E-state index contributed by atoms with van der Waals surface area (Å²) in [4.78, 5) is 37.0. The minimum atomic E-state index is -0.231. The molecule has 0 aliphatic rings. The molecule has 0 saturated carbocycles. The molecule has 0 radical (unpaired) electrons. The summed E-state index contributed by atoms with van der Waals surface area (Å²) in [6.45, 7) is 3.64. The van der Waals surface area contributed by atoms with Gasteiger partial charge in [-0.25, -0.2) is 0 Å². The van der Waals surface area contributed by atoms with Gasteiger partial charge in [0.2, 0.25) is 5.91 Å². The van der Waals surface area contributed by atoms with Crippen LogP contribution in [0.25, 0.3) is 0 Å². The van der Waals surface area contributed by atoms with E-state index in [9.17, 15) is 14.4 Å². The number of rotatable bonds is 5. The summed E-state index contributed by atoms with van der Waals surface area (Å²) >= 11 is 0. The highest BCUT2D eigenvalue weighted by Crippen LogP contribution is 2.17. The van der Waals surface area contributed by atoms with Crippen molar-refractivity contribution >= 4 is 23.4 Å². The van der Waals surface area contributed by atoms with E-state index in [-0.39, 0.29) is 17.7 Å². The van der Waals surface area contributed by atoms with E-state index >= 15 is 0 Å². The number of hydrogen-bond acceptors (Lipinski definition) is 3. The SMILES string of the molecule is CC(=O)Nc1cc(C(=O)NCc2ccc(C(=O)N(C)C)cc2)ccc1C. The van der Waals surface area contributed by atoms with Crippen molar-refractivity contribution in [2.45, 2.75) is 20.4 Å². The Morgan fingerprint density at radius 2 is 1.58 bits per heavy atom. The van der Waals surface area contributed by atoms with Crippen molar-refractivity contribution < 1.29 is 14.4 Å². The van der Waals surface area contributed by atoms with Gasteiger partial charge in [0.05, 0.1) is 0 Å². The van der Waals surface area contributed by atoms with Crippen LogP contribution in [0, 0.1) is 6.92 Å². The summed E-state index contributed by atoms with van der Waals surface area (Å²) in [6, 6.07) is 12.3. The molecule has 6 heteroatoms. The van der Waals surface area contributed by atoms with Crippen LogP contribution >= 0.6 is 0 Å². The largest absolute Gasteiger partial charge is 0.348 e. The highest BCUT2D eigenvalue weighted by molar-refractivity contribution is 5.97. The lowest BCUT2D eigenvalue weighted by molar-refractivity contribution is -0.114. The highest BCUT2D eigenvalue weighted by Gasteiger charge is 2.10. The number of nitrogens with one attached hydrogen (secondary N) is 2. The van der Waals surface area contributed by atoms with Crippen molar-refractivity contribution in [2.24, 2.45) is 0 Å². The number of carbonyl (C=O) groups is 3. The molecule has 0 fully saturated rings. The first-order valence-electron chi connectivity index (χ1n) is 8.25. The smallest absolute Gasteiger partial charge is 0.253 e. The van der Waals surface area contributed by atoms with Crippen molar-refractivity contribution in [2.75, 3.05) is 19.4 Å². The third-order valence-electron chi connectivity index (χ3n) is 3.87. The van der Waals surface area contributed by atoms with E-state index in [0.29, 0.717) is 23.4 Å². The van der Waals surface area contributed by atoms with Crippen LogP contribution in [0.4, 0.5) is 5.69 Å². The maximum Gasteiger partial charge on any atom is 0.253 e. The van der Waals surface area contributed by atoms with E-state index in [1.54, 1.807) is 44.4 Å². The number of anilines is 1. The molecule has 3 amide bonds. The predicted octanol–water partition coefficient (Wildman–Crippen LogP) is 2.59. The first kappa shape index (κ1) is 19.2. The molecule has 2 rings (SSSR count). The molecule has 6 nitrogen and oxygen atoms in total. The van der Waals surface area contributed by atoms with Crippen LogP contribution in [0.5, 0.6) is 0 Å². The zero-order valence-electron chi connectivity index (χ0n) is 15.4. The summed E-state index contributed by atoms with van der Waals surface area (Å²) < 4.78 is 0. The molecular formula is C20H23N3O3. The Balaban J connectivity index is 2.02. The van der Waals surface area contributed by atoms with Gasteiger partial charge in [-0.05, 0) is 42.3 Å². The lowest BCUT2D eigenvalue weighted by Gasteiger charge is -2.11. The van der Waals surface area contributed by atoms with Crippen LogP contribution in [0.15, 0.2) is 42.5 Å². The standard InChI is InChI=1S/C20H23N3O3/c1-13-5-8-17(11-18(13)22-14(2)24)19(25)21-12-15-6-9-16(10-7-15)20(26)23(3)4/h5-11H,12H2,1-4H3,(H,21,25)(H,22,24). The maximum atomic E-state index is 12.3. The monoisotopic (exact) mass is 353 g/mol. The van der Waals surface area contributed by atoms with E-state index in [0.717, 1.165) is 11.1 Å². The van der Waals surface area contributed by atoms with Crippen LogP contribution in [-0.2, 0) is 11.3 Å². The fraction of sp³-hybridized carbons (Fsp3) is 0.250. The fourth-order valence-corrected chi connectivity index (χ4v) is 2.40. The van der Waals surface area contributed by atoms with Gasteiger partial charge in [-0.1, -0.05) is 18.2 Å². The number of aryl methyl sites for hydroxylation is 1. The molecule has 0 aliphatic carbocycles. The second kappa shape index (κ2) is 8.29. The van der Waals surface area contributed by atoms with E-state index < -0.39 is 0 Å². The molecule has 0 heterocycles. The number of benzene rings is 2. The van der Waals surface area contributed by atoms with Gasteiger partial charge in [-0.2, -0.15) is 0 Å². The molecule has 2 N–H and O–H groups in total. The minimum Gasteiger partial charge on any atom is -0.348 e. The van der Waals surface area contributed by atoms with E-state index in [1.165, 1.54) is 11.8 Å². The minimum absolute atomic E-state index is 0.0641. The molecule has 0 bridgehead atoms. The molecule has 0 aromatic heterocycles. The normalized spacial score (nSPS) is 10.2. The van der Waals surface area contributed by atoms with Gasteiger partial charge < -0.3 is 15.5 Å².